The van der Waals surface area contributed by atoms with E-state index in [0.29, 0.717) is 12.1 Å². The van der Waals surface area contributed by atoms with Crippen molar-refractivity contribution in [3.8, 4) is 0 Å². The summed E-state index contributed by atoms with van der Waals surface area (Å²) in [5.74, 6) is 0.766. The van der Waals surface area contributed by atoms with E-state index in [4.69, 9.17) is 4.74 Å². The Labute approximate surface area is 134 Å². The van der Waals surface area contributed by atoms with Crippen molar-refractivity contribution in [3.63, 3.8) is 0 Å². The number of carbonyl (C=O) groups is 1. The van der Waals surface area contributed by atoms with Crippen LogP contribution in [0.3, 0.4) is 0 Å². The first-order valence-corrected chi connectivity index (χ1v) is 9.20. The third-order valence-electron chi connectivity index (χ3n) is 5.51. The Morgan fingerprint density at radius 1 is 1.14 bits per heavy atom. The van der Waals surface area contributed by atoms with Crippen LogP contribution in [0.5, 0.6) is 0 Å². The van der Waals surface area contributed by atoms with Crippen molar-refractivity contribution in [1.82, 2.24) is 15.5 Å². The second-order valence-electron chi connectivity index (χ2n) is 7.04. The van der Waals surface area contributed by atoms with Gasteiger partial charge in [0.05, 0.1) is 6.10 Å². The lowest BCUT2D eigenvalue weighted by molar-refractivity contribution is 0.0118. The molecule has 2 unspecified atom stereocenters. The minimum Gasteiger partial charge on any atom is -0.378 e. The zero-order valence-corrected chi connectivity index (χ0v) is 13.7. The van der Waals surface area contributed by atoms with Gasteiger partial charge in [0.25, 0.3) is 0 Å². The van der Waals surface area contributed by atoms with Crippen molar-refractivity contribution in [2.24, 2.45) is 5.92 Å². The van der Waals surface area contributed by atoms with Gasteiger partial charge in [-0.15, -0.1) is 0 Å². The van der Waals surface area contributed by atoms with Crippen molar-refractivity contribution < 1.29 is 9.53 Å². The molecule has 3 saturated heterocycles. The summed E-state index contributed by atoms with van der Waals surface area (Å²) in [7, 11) is 0. The molecule has 5 nitrogen and oxygen atoms in total. The number of amides is 2. The van der Waals surface area contributed by atoms with Gasteiger partial charge in [0.15, 0.2) is 0 Å². The molecule has 0 aliphatic carbocycles. The molecule has 5 heteroatoms. The summed E-state index contributed by atoms with van der Waals surface area (Å²) in [4.78, 5) is 14.2. The molecule has 3 rings (SSSR count). The van der Waals surface area contributed by atoms with Crippen LogP contribution in [0.1, 0.15) is 51.4 Å². The molecule has 3 aliphatic rings. The Balaban J connectivity index is 1.31. The van der Waals surface area contributed by atoms with E-state index >= 15 is 0 Å². The molecule has 126 valence electrons. The average Bonchev–Trinajstić information content (AvgIpc) is 3.10. The predicted octanol–water partition coefficient (Wildman–Crippen LogP) is 2.12. The monoisotopic (exact) mass is 309 g/mol. The lowest BCUT2D eigenvalue weighted by Crippen LogP contribution is -2.47. The molecule has 2 atom stereocenters. The van der Waals surface area contributed by atoms with Crippen molar-refractivity contribution in [2.75, 3.05) is 32.8 Å². The lowest BCUT2D eigenvalue weighted by atomic mass is 9.89. The van der Waals surface area contributed by atoms with Gasteiger partial charge >= 0.3 is 6.03 Å². The van der Waals surface area contributed by atoms with E-state index in [0.717, 1.165) is 57.8 Å². The summed E-state index contributed by atoms with van der Waals surface area (Å²) < 4.78 is 5.70. The molecule has 0 aromatic rings. The maximum Gasteiger partial charge on any atom is 0.317 e. The molecule has 3 aliphatic heterocycles. The highest BCUT2D eigenvalue weighted by molar-refractivity contribution is 5.74. The van der Waals surface area contributed by atoms with E-state index in [1.807, 2.05) is 4.90 Å². The maximum atomic E-state index is 12.2. The molecule has 22 heavy (non-hydrogen) atoms. The summed E-state index contributed by atoms with van der Waals surface area (Å²) in [6.45, 7) is 4.63. The van der Waals surface area contributed by atoms with Crippen molar-refractivity contribution >= 4 is 6.03 Å². The Bertz CT molecular complexity index is 344. The SMILES string of the molecule is O=C(NCCC1CCCCO1)N1CCC(C2CCCN2)CC1. The van der Waals surface area contributed by atoms with Gasteiger partial charge in [-0.2, -0.15) is 0 Å². The van der Waals surface area contributed by atoms with Crippen LogP contribution in [0.4, 0.5) is 4.79 Å². The van der Waals surface area contributed by atoms with Crippen LogP contribution in [0.25, 0.3) is 0 Å². The number of likely N-dealkylation sites (tertiary alicyclic amines) is 1. The molecular formula is C17H31N3O2. The molecule has 0 aromatic heterocycles. The zero-order chi connectivity index (χ0) is 15.2. The third kappa shape index (κ3) is 4.35. The largest absolute Gasteiger partial charge is 0.378 e. The number of hydrogen-bond acceptors (Lipinski definition) is 3. The molecule has 3 fully saturated rings. The fraction of sp³-hybridized carbons (Fsp3) is 0.941. The highest BCUT2D eigenvalue weighted by Gasteiger charge is 2.29. The van der Waals surface area contributed by atoms with E-state index in [1.54, 1.807) is 0 Å². The maximum absolute atomic E-state index is 12.2. The van der Waals surface area contributed by atoms with Crippen molar-refractivity contribution in [3.05, 3.63) is 0 Å². The molecule has 0 aromatic carbocycles. The molecule has 0 spiro atoms. The van der Waals surface area contributed by atoms with Crippen LogP contribution in [0, 0.1) is 5.92 Å². The highest BCUT2D eigenvalue weighted by Crippen LogP contribution is 2.25. The van der Waals surface area contributed by atoms with Gasteiger partial charge in [0.2, 0.25) is 0 Å². The molecular weight excluding hydrogens is 278 g/mol. The van der Waals surface area contributed by atoms with Gasteiger partial charge in [0, 0.05) is 32.3 Å². The number of carbonyl (C=O) groups excluding carboxylic acids is 1. The van der Waals surface area contributed by atoms with E-state index in [1.165, 1.54) is 32.2 Å². The first-order chi connectivity index (χ1) is 10.8. The normalized spacial score (nSPS) is 30.5. The minimum absolute atomic E-state index is 0.119. The van der Waals surface area contributed by atoms with Crippen LogP contribution < -0.4 is 10.6 Å². The quantitative estimate of drug-likeness (QED) is 0.836. The average molecular weight is 309 g/mol. The van der Waals surface area contributed by atoms with Crippen LogP contribution >= 0.6 is 0 Å². The van der Waals surface area contributed by atoms with Gasteiger partial charge in [-0.3, -0.25) is 0 Å². The Morgan fingerprint density at radius 3 is 2.68 bits per heavy atom. The zero-order valence-electron chi connectivity index (χ0n) is 13.7. The smallest absolute Gasteiger partial charge is 0.317 e. The molecule has 2 amide bonds. The summed E-state index contributed by atoms with van der Waals surface area (Å²) in [6, 6.07) is 0.822. The Hall–Kier alpha value is -0.810. The summed E-state index contributed by atoms with van der Waals surface area (Å²) in [5, 5.41) is 6.68. The van der Waals surface area contributed by atoms with Crippen molar-refractivity contribution in [2.45, 2.75) is 63.5 Å². The third-order valence-corrected chi connectivity index (χ3v) is 5.51. The first-order valence-electron chi connectivity index (χ1n) is 9.20. The second-order valence-corrected chi connectivity index (χ2v) is 7.04. The van der Waals surface area contributed by atoms with Gasteiger partial charge in [0.1, 0.15) is 0 Å². The number of nitrogens with zero attached hydrogens (tertiary/aromatic N) is 1. The topological polar surface area (TPSA) is 53.6 Å². The number of rotatable bonds is 4. The highest BCUT2D eigenvalue weighted by atomic mass is 16.5. The summed E-state index contributed by atoms with van der Waals surface area (Å²) >= 11 is 0. The number of piperidine rings is 1. The van der Waals surface area contributed by atoms with Gasteiger partial charge in [-0.1, -0.05) is 0 Å². The molecule has 3 heterocycles. The molecule has 2 N–H and O–H groups in total. The molecule has 0 bridgehead atoms. The van der Waals surface area contributed by atoms with E-state index in [-0.39, 0.29) is 6.03 Å². The van der Waals surface area contributed by atoms with Crippen LogP contribution in [-0.4, -0.2) is 55.9 Å². The summed E-state index contributed by atoms with van der Waals surface area (Å²) in [5.41, 5.74) is 0. The fourth-order valence-corrected chi connectivity index (χ4v) is 4.11. The van der Waals surface area contributed by atoms with E-state index < -0.39 is 0 Å². The summed E-state index contributed by atoms with van der Waals surface area (Å²) in [6.07, 6.45) is 9.84. The predicted molar refractivity (Wildman–Crippen MR) is 86.9 cm³/mol. The molecule has 0 saturated carbocycles. The second kappa shape index (κ2) is 8.16. The first kappa shape index (κ1) is 16.1. The van der Waals surface area contributed by atoms with Crippen LogP contribution in [0.15, 0.2) is 0 Å². The Morgan fingerprint density at radius 2 is 2.00 bits per heavy atom. The minimum atomic E-state index is 0.119. The van der Waals surface area contributed by atoms with E-state index in [9.17, 15) is 4.79 Å². The van der Waals surface area contributed by atoms with Gasteiger partial charge in [-0.05, 0) is 63.8 Å². The number of ether oxygens (including phenoxy) is 1. The molecule has 0 radical (unpaired) electrons. The van der Waals surface area contributed by atoms with Crippen LogP contribution in [0.2, 0.25) is 0 Å². The standard InChI is InChI=1S/C17H31N3O2/c21-17(19-10-6-15-4-1-2-13-22-15)20-11-7-14(8-12-20)16-5-3-9-18-16/h14-16,18H,1-13H2,(H,19,21). The Kier molecular flexibility index (Phi) is 5.96. The number of hydrogen-bond donors (Lipinski definition) is 2. The lowest BCUT2D eigenvalue weighted by Gasteiger charge is -2.35. The van der Waals surface area contributed by atoms with Gasteiger partial charge in [-0.25, -0.2) is 4.79 Å². The fourth-order valence-electron chi connectivity index (χ4n) is 4.11. The van der Waals surface area contributed by atoms with Crippen molar-refractivity contribution in [1.29, 1.82) is 0 Å². The van der Waals surface area contributed by atoms with E-state index in [2.05, 4.69) is 10.6 Å². The number of urea groups is 1. The van der Waals surface area contributed by atoms with Crippen LogP contribution in [-0.2, 0) is 4.74 Å². The number of nitrogens with one attached hydrogen (secondary N) is 2. The van der Waals surface area contributed by atoms with Gasteiger partial charge < -0.3 is 20.3 Å².